The molecule has 40 valence electrons. The highest BCUT2D eigenvalue weighted by molar-refractivity contribution is 5.60. The number of carbonyl (C=O) groups excluding carboxylic acids is 1. The molecule has 2 heteroatoms. The van der Waals surface area contributed by atoms with Crippen molar-refractivity contribution in [3.8, 4) is 0 Å². The topological polar surface area (TPSA) is 29.6 Å². The standard InChI is InChI=1S/C5H8O2/c1-2-4-5(3-6)7-4/h3-5H,2H2,1H3. The largest absolute Gasteiger partial charge is 0.362 e. The first-order valence-electron chi connectivity index (χ1n) is 2.49. The molecule has 0 aromatic carbocycles. The van der Waals surface area contributed by atoms with Gasteiger partial charge in [0.05, 0.1) is 6.10 Å². The summed E-state index contributed by atoms with van der Waals surface area (Å²) in [6.07, 6.45) is 2.00. The molecule has 0 N–H and O–H groups in total. The van der Waals surface area contributed by atoms with Crippen molar-refractivity contribution in [2.75, 3.05) is 0 Å². The zero-order chi connectivity index (χ0) is 5.28. The molecule has 1 aliphatic rings. The van der Waals surface area contributed by atoms with Crippen molar-refractivity contribution in [3.05, 3.63) is 0 Å². The molecule has 2 atom stereocenters. The summed E-state index contributed by atoms with van der Waals surface area (Å²) in [5.41, 5.74) is 0. The summed E-state index contributed by atoms with van der Waals surface area (Å²) in [6.45, 7) is 2.01. The molecular formula is C5H8O2. The van der Waals surface area contributed by atoms with Crippen LogP contribution in [0, 0.1) is 0 Å². The second-order valence-corrected chi connectivity index (χ2v) is 1.68. The zero-order valence-corrected chi connectivity index (χ0v) is 4.26. The summed E-state index contributed by atoms with van der Waals surface area (Å²) in [6, 6.07) is 0. The Bertz CT molecular complexity index is 80.1. The SMILES string of the molecule is CCC1OC1C=O. The number of carbonyl (C=O) groups is 1. The van der Waals surface area contributed by atoms with E-state index in [2.05, 4.69) is 0 Å². The lowest BCUT2D eigenvalue weighted by Crippen LogP contribution is -1.90. The van der Waals surface area contributed by atoms with E-state index in [4.69, 9.17) is 4.74 Å². The van der Waals surface area contributed by atoms with E-state index in [9.17, 15) is 4.79 Å². The maximum absolute atomic E-state index is 9.81. The molecular weight excluding hydrogens is 92.1 g/mol. The van der Waals surface area contributed by atoms with Crippen molar-refractivity contribution in [1.82, 2.24) is 0 Å². The van der Waals surface area contributed by atoms with Gasteiger partial charge in [-0.1, -0.05) is 6.92 Å². The molecule has 0 aliphatic carbocycles. The first kappa shape index (κ1) is 4.78. The van der Waals surface area contributed by atoms with Gasteiger partial charge in [0.25, 0.3) is 0 Å². The van der Waals surface area contributed by atoms with E-state index in [1.54, 1.807) is 0 Å². The summed E-state index contributed by atoms with van der Waals surface area (Å²) in [5, 5.41) is 0. The van der Waals surface area contributed by atoms with Crippen LogP contribution in [0.2, 0.25) is 0 Å². The van der Waals surface area contributed by atoms with E-state index in [1.807, 2.05) is 6.92 Å². The van der Waals surface area contributed by atoms with Crippen molar-refractivity contribution in [1.29, 1.82) is 0 Å². The molecule has 1 fully saturated rings. The van der Waals surface area contributed by atoms with E-state index in [1.165, 1.54) is 0 Å². The molecule has 0 amide bonds. The summed E-state index contributed by atoms with van der Waals surface area (Å²) < 4.78 is 4.85. The molecule has 1 heterocycles. The van der Waals surface area contributed by atoms with Crippen LogP contribution in [0.15, 0.2) is 0 Å². The summed E-state index contributed by atoms with van der Waals surface area (Å²) in [7, 11) is 0. The van der Waals surface area contributed by atoms with Crippen LogP contribution in [0.25, 0.3) is 0 Å². The molecule has 2 unspecified atom stereocenters. The van der Waals surface area contributed by atoms with Gasteiger partial charge in [0, 0.05) is 0 Å². The molecule has 0 aromatic rings. The van der Waals surface area contributed by atoms with Crippen molar-refractivity contribution < 1.29 is 9.53 Å². The van der Waals surface area contributed by atoms with Gasteiger partial charge in [-0.2, -0.15) is 0 Å². The third kappa shape index (κ3) is 0.800. The van der Waals surface area contributed by atoms with Crippen LogP contribution in [0.3, 0.4) is 0 Å². The maximum atomic E-state index is 9.81. The molecule has 0 saturated carbocycles. The number of epoxide rings is 1. The van der Waals surface area contributed by atoms with Gasteiger partial charge >= 0.3 is 0 Å². The first-order valence-corrected chi connectivity index (χ1v) is 2.49. The molecule has 0 bridgehead atoms. The minimum Gasteiger partial charge on any atom is -0.362 e. The highest BCUT2D eigenvalue weighted by Gasteiger charge is 2.36. The maximum Gasteiger partial charge on any atom is 0.151 e. The number of hydrogen-bond acceptors (Lipinski definition) is 2. The van der Waals surface area contributed by atoms with E-state index < -0.39 is 0 Å². The highest BCUT2D eigenvalue weighted by Crippen LogP contribution is 2.21. The molecule has 1 aliphatic heterocycles. The Kier molecular flexibility index (Phi) is 1.11. The van der Waals surface area contributed by atoms with Crippen molar-refractivity contribution in [2.45, 2.75) is 25.6 Å². The summed E-state index contributed by atoms with van der Waals surface area (Å²) in [5.74, 6) is 0. The zero-order valence-electron chi connectivity index (χ0n) is 4.26. The molecule has 7 heavy (non-hydrogen) atoms. The van der Waals surface area contributed by atoms with Crippen LogP contribution in [-0.2, 0) is 9.53 Å². The van der Waals surface area contributed by atoms with Crippen LogP contribution in [-0.4, -0.2) is 18.5 Å². The van der Waals surface area contributed by atoms with Crippen LogP contribution < -0.4 is 0 Å². The Morgan fingerprint density at radius 3 is 2.71 bits per heavy atom. The second kappa shape index (κ2) is 1.62. The number of hydrogen-bond donors (Lipinski definition) is 0. The Hall–Kier alpha value is -0.370. The van der Waals surface area contributed by atoms with Gasteiger partial charge in [0.1, 0.15) is 6.10 Å². The van der Waals surface area contributed by atoms with E-state index in [0.717, 1.165) is 12.7 Å². The third-order valence-corrected chi connectivity index (χ3v) is 1.16. The highest BCUT2D eigenvalue weighted by atomic mass is 16.6. The van der Waals surface area contributed by atoms with Gasteiger partial charge in [0.2, 0.25) is 0 Å². The van der Waals surface area contributed by atoms with Crippen molar-refractivity contribution >= 4 is 6.29 Å². The fourth-order valence-corrected chi connectivity index (χ4v) is 0.605. The first-order chi connectivity index (χ1) is 3.38. The monoisotopic (exact) mass is 100 g/mol. The normalized spacial score (nSPS) is 37.9. The van der Waals surface area contributed by atoms with Gasteiger partial charge < -0.3 is 9.53 Å². The Labute approximate surface area is 42.5 Å². The van der Waals surface area contributed by atoms with Crippen LogP contribution in [0.4, 0.5) is 0 Å². The predicted octanol–water partition coefficient (Wildman–Crippen LogP) is 0.363. The van der Waals surface area contributed by atoms with Gasteiger partial charge in [-0.15, -0.1) is 0 Å². The minimum absolute atomic E-state index is 0.0648. The minimum atomic E-state index is -0.0648. The van der Waals surface area contributed by atoms with Gasteiger partial charge in [0.15, 0.2) is 6.29 Å². The Morgan fingerprint density at radius 1 is 1.86 bits per heavy atom. The molecule has 2 nitrogen and oxygen atoms in total. The lowest BCUT2D eigenvalue weighted by molar-refractivity contribution is -0.108. The van der Waals surface area contributed by atoms with Gasteiger partial charge in [-0.05, 0) is 6.42 Å². The summed E-state index contributed by atoms with van der Waals surface area (Å²) >= 11 is 0. The Balaban J connectivity index is 2.17. The molecule has 0 spiro atoms. The second-order valence-electron chi connectivity index (χ2n) is 1.68. The van der Waals surface area contributed by atoms with Crippen molar-refractivity contribution in [3.63, 3.8) is 0 Å². The molecule has 1 saturated heterocycles. The molecule has 0 radical (unpaired) electrons. The fourth-order valence-electron chi connectivity index (χ4n) is 0.605. The summed E-state index contributed by atoms with van der Waals surface area (Å²) in [4.78, 5) is 9.81. The van der Waals surface area contributed by atoms with Crippen LogP contribution >= 0.6 is 0 Å². The van der Waals surface area contributed by atoms with Gasteiger partial charge in [-0.25, -0.2) is 0 Å². The van der Waals surface area contributed by atoms with E-state index in [0.29, 0.717) is 0 Å². The third-order valence-electron chi connectivity index (χ3n) is 1.16. The number of rotatable bonds is 2. The number of aldehydes is 1. The van der Waals surface area contributed by atoms with Crippen LogP contribution in [0.5, 0.6) is 0 Å². The molecule has 1 rings (SSSR count). The smallest absolute Gasteiger partial charge is 0.151 e. The fraction of sp³-hybridized carbons (Fsp3) is 0.800. The quantitative estimate of drug-likeness (QED) is 0.370. The number of ether oxygens (including phenoxy) is 1. The van der Waals surface area contributed by atoms with Gasteiger partial charge in [-0.3, -0.25) is 0 Å². The van der Waals surface area contributed by atoms with E-state index in [-0.39, 0.29) is 12.2 Å². The lowest BCUT2D eigenvalue weighted by Gasteiger charge is -1.72. The van der Waals surface area contributed by atoms with Crippen LogP contribution in [0.1, 0.15) is 13.3 Å². The lowest BCUT2D eigenvalue weighted by atomic mass is 10.3. The average Bonchev–Trinajstić information content (AvgIpc) is 2.43. The average molecular weight is 100 g/mol. The molecule has 0 aromatic heterocycles. The van der Waals surface area contributed by atoms with Crippen molar-refractivity contribution in [2.24, 2.45) is 0 Å². The Morgan fingerprint density at radius 2 is 2.57 bits per heavy atom. The van der Waals surface area contributed by atoms with E-state index >= 15 is 0 Å². The predicted molar refractivity (Wildman–Crippen MR) is 25.0 cm³/mol.